The third-order valence-electron chi connectivity index (χ3n) is 5.24. The number of aliphatic hydroxyl groups excluding tert-OH is 2. The van der Waals surface area contributed by atoms with E-state index >= 15 is 0 Å². The molecule has 5 N–H and O–H groups in total. The minimum atomic E-state index is -1.00. The molecule has 0 unspecified atom stereocenters. The normalized spacial score (nSPS) is 15.7. The van der Waals surface area contributed by atoms with Crippen LogP contribution < -0.4 is 16.6 Å². The van der Waals surface area contributed by atoms with Crippen molar-refractivity contribution in [3.8, 4) is 11.3 Å². The summed E-state index contributed by atoms with van der Waals surface area (Å²) in [5, 5.41) is 23.5. The molecule has 3 aromatic rings. The van der Waals surface area contributed by atoms with Gasteiger partial charge in [-0.1, -0.05) is 12.8 Å². The monoisotopic (exact) mass is 396 g/mol. The van der Waals surface area contributed by atoms with Crippen LogP contribution >= 0.6 is 0 Å². The first-order valence-corrected chi connectivity index (χ1v) is 9.72. The number of nitrogens with two attached hydrogens (primary N) is 1. The van der Waals surface area contributed by atoms with Gasteiger partial charge in [-0.2, -0.15) is 0 Å². The van der Waals surface area contributed by atoms with Crippen LogP contribution in [0.4, 0.5) is 11.8 Å². The smallest absolute Gasteiger partial charge is 0.262 e. The molecule has 29 heavy (non-hydrogen) atoms. The van der Waals surface area contributed by atoms with E-state index in [-0.39, 0.29) is 24.1 Å². The summed E-state index contributed by atoms with van der Waals surface area (Å²) in [5.74, 6) is 0.697. The summed E-state index contributed by atoms with van der Waals surface area (Å²) >= 11 is 0. The fourth-order valence-electron chi connectivity index (χ4n) is 3.72. The lowest BCUT2D eigenvalue weighted by Gasteiger charge is -2.17. The molecule has 3 heterocycles. The molecule has 1 aliphatic rings. The molecule has 0 aromatic carbocycles. The first-order chi connectivity index (χ1) is 14.0. The second-order valence-corrected chi connectivity index (χ2v) is 7.39. The van der Waals surface area contributed by atoms with Crippen molar-refractivity contribution in [3.05, 3.63) is 41.1 Å². The third-order valence-corrected chi connectivity index (χ3v) is 5.24. The predicted octanol–water partition coefficient (Wildman–Crippen LogP) is 1.14. The van der Waals surface area contributed by atoms with E-state index in [0.29, 0.717) is 22.5 Å². The van der Waals surface area contributed by atoms with Gasteiger partial charge in [0, 0.05) is 30.2 Å². The average molecular weight is 396 g/mol. The van der Waals surface area contributed by atoms with Crippen molar-refractivity contribution in [2.45, 2.75) is 44.4 Å². The van der Waals surface area contributed by atoms with Crippen molar-refractivity contribution in [3.63, 3.8) is 0 Å². The molecule has 9 heteroatoms. The first-order valence-electron chi connectivity index (χ1n) is 9.72. The molecule has 0 spiro atoms. The van der Waals surface area contributed by atoms with E-state index in [1.165, 1.54) is 4.57 Å². The van der Waals surface area contributed by atoms with Crippen LogP contribution in [0.25, 0.3) is 22.0 Å². The lowest BCUT2D eigenvalue weighted by molar-refractivity contribution is 0.0805. The molecule has 9 nitrogen and oxygen atoms in total. The van der Waals surface area contributed by atoms with Gasteiger partial charge in [-0.05, 0) is 30.4 Å². The Balaban J connectivity index is 1.84. The summed E-state index contributed by atoms with van der Waals surface area (Å²) in [7, 11) is 0. The molecule has 3 aromatic heterocycles. The van der Waals surface area contributed by atoms with E-state index in [4.69, 9.17) is 15.8 Å². The van der Waals surface area contributed by atoms with E-state index < -0.39 is 12.7 Å². The molecule has 1 fully saturated rings. The summed E-state index contributed by atoms with van der Waals surface area (Å²) in [6.07, 6.45) is 8.18. The minimum absolute atomic E-state index is 0.0156. The van der Waals surface area contributed by atoms with Gasteiger partial charge in [-0.25, -0.2) is 15.0 Å². The van der Waals surface area contributed by atoms with E-state index in [1.807, 2.05) is 12.1 Å². The molecule has 0 aliphatic heterocycles. The van der Waals surface area contributed by atoms with Crippen LogP contribution in [0.5, 0.6) is 0 Å². The van der Waals surface area contributed by atoms with Crippen molar-refractivity contribution in [2.75, 3.05) is 17.7 Å². The van der Waals surface area contributed by atoms with Gasteiger partial charge in [0.2, 0.25) is 5.95 Å². The molecule has 1 saturated carbocycles. The van der Waals surface area contributed by atoms with Gasteiger partial charge in [0.25, 0.3) is 5.56 Å². The molecule has 4 rings (SSSR count). The number of rotatable bonds is 6. The summed E-state index contributed by atoms with van der Waals surface area (Å²) in [4.78, 5) is 25.9. The van der Waals surface area contributed by atoms with Crippen LogP contribution in [0.15, 0.2) is 35.5 Å². The minimum Gasteiger partial charge on any atom is -0.394 e. The van der Waals surface area contributed by atoms with Crippen molar-refractivity contribution >= 4 is 22.5 Å². The van der Waals surface area contributed by atoms with Crippen LogP contribution in [0.3, 0.4) is 0 Å². The zero-order valence-electron chi connectivity index (χ0n) is 16.0. The number of anilines is 2. The van der Waals surface area contributed by atoms with Crippen LogP contribution in [0, 0.1) is 0 Å². The van der Waals surface area contributed by atoms with Gasteiger partial charge in [-0.3, -0.25) is 4.79 Å². The maximum atomic E-state index is 13.1. The van der Waals surface area contributed by atoms with Crippen molar-refractivity contribution in [2.24, 2.45) is 0 Å². The Bertz CT molecular complexity index is 1060. The fraction of sp³-hybridized carbons (Fsp3) is 0.400. The quantitative estimate of drug-likeness (QED) is 0.486. The summed E-state index contributed by atoms with van der Waals surface area (Å²) in [6.45, 7) is -0.395. The molecule has 1 atom stereocenters. The van der Waals surface area contributed by atoms with E-state index in [2.05, 4.69) is 15.3 Å². The lowest BCUT2D eigenvalue weighted by atomic mass is 10.1. The number of nitrogens with one attached hydrogen (secondary N) is 1. The molecular formula is C20H24N6O3. The number of aliphatic hydroxyl groups is 2. The van der Waals surface area contributed by atoms with Crippen molar-refractivity contribution in [1.82, 2.24) is 19.5 Å². The van der Waals surface area contributed by atoms with Gasteiger partial charge < -0.3 is 25.8 Å². The Hall–Kier alpha value is -3.04. The van der Waals surface area contributed by atoms with Gasteiger partial charge in [0.05, 0.1) is 30.3 Å². The second kappa shape index (κ2) is 8.14. The summed E-state index contributed by atoms with van der Waals surface area (Å²) < 4.78 is 1.40. The van der Waals surface area contributed by atoms with Crippen molar-refractivity contribution in [1.29, 1.82) is 0 Å². The number of nitrogens with zero attached hydrogens (tertiary/aromatic N) is 4. The molecule has 152 valence electrons. The second-order valence-electron chi connectivity index (χ2n) is 7.39. The fourth-order valence-corrected chi connectivity index (χ4v) is 3.72. The summed E-state index contributed by atoms with van der Waals surface area (Å²) in [6, 6.07) is 3.89. The third kappa shape index (κ3) is 4.06. The number of fused-ring (bicyclic) bond motifs is 1. The number of nitrogen functional groups attached to an aromatic ring is 1. The molecule has 0 saturated heterocycles. The summed E-state index contributed by atoms with van der Waals surface area (Å²) in [5.41, 5.74) is 6.67. The van der Waals surface area contributed by atoms with Crippen LogP contribution in [-0.4, -0.2) is 48.5 Å². The van der Waals surface area contributed by atoms with Crippen LogP contribution in [0.1, 0.15) is 25.7 Å². The van der Waals surface area contributed by atoms with Gasteiger partial charge >= 0.3 is 0 Å². The maximum Gasteiger partial charge on any atom is 0.262 e. The maximum absolute atomic E-state index is 13.1. The Kier molecular flexibility index (Phi) is 5.41. The SMILES string of the molecule is Nc1ncc(-c2cc3ccn(C[C@H](O)CO)c(=O)c3c(NC3CCCC3)n2)cn1. The highest BCUT2D eigenvalue weighted by Crippen LogP contribution is 2.28. The Labute approximate surface area is 167 Å². The Morgan fingerprint density at radius 1 is 1.28 bits per heavy atom. The molecule has 1 aliphatic carbocycles. The number of hydrogen-bond acceptors (Lipinski definition) is 8. The Morgan fingerprint density at radius 2 is 2.00 bits per heavy atom. The van der Waals surface area contributed by atoms with E-state index in [1.54, 1.807) is 18.6 Å². The topological polar surface area (TPSA) is 139 Å². The largest absolute Gasteiger partial charge is 0.394 e. The molecule has 0 amide bonds. The number of pyridine rings is 2. The predicted molar refractivity (Wildman–Crippen MR) is 110 cm³/mol. The number of hydrogen-bond donors (Lipinski definition) is 4. The van der Waals surface area contributed by atoms with E-state index in [9.17, 15) is 9.90 Å². The van der Waals surface area contributed by atoms with Gasteiger partial charge in [0.1, 0.15) is 5.82 Å². The van der Waals surface area contributed by atoms with Crippen LogP contribution in [0.2, 0.25) is 0 Å². The zero-order valence-corrected chi connectivity index (χ0v) is 16.0. The van der Waals surface area contributed by atoms with Gasteiger partial charge in [0.15, 0.2) is 0 Å². The zero-order chi connectivity index (χ0) is 20.4. The molecular weight excluding hydrogens is 372 g/mol. The van der Waals surface area contributed by atoms with Crippen LogP contribution in [-0.2, 0) is 6.54 Å². The first kappa shape index (κ1) is 19.3. The Morgan fingerprint density at radius 3 is 2.69 bits per heavy atom. The van der Waals surface area contributed by atoms with E-state index in [0.717, 1.165) is 31.1 Å². The highest BCUT2D eigenvalue weighted by molar-refractivity contribution is 5.93. The van der Waals surface area contributed by atoms with Crippen molar-refractivity contribution < 1.29 is 10.2 Å². The number of aromatic nitrogens is 4. The highest BCUT2D eigenvalue weighted by Gasteiger charge is 2.19. The van der Waals surface area contributed by atoms with Gasteiger partial charge in [-0.15, -0.1) is 0 Å². The molecule has 0 bridgehead atoms. The lowest BCUT2D eigenvalue weighted by Crippen LogP contribution is -2.29. The highest BCUT2D eigenvalue weighted by atomic mass is 16.3. The standard InChI is InChI=1S/C20H24N6O3/c21-20-22-8-13(9-23-20)16-7-12-5-6-26(10-15(28)11-27)19(29)17(12)18(25-16)24-14-3-1-2-4-14/h5-9,14-15,27-28H,1-4,10-11H2,(H,24,25)(H2,21,22,23)/t15-/m0/s1. The average Bonchev–Trinajstić information content (AvgIpc) is 3.23. The molecule has 0 radical (unpaired) electrons.